The van der Waals surface area contributed by atoms with Crippen molar-refractivity contribution < 1.29 is 14.3 Å². The van der Waals surface area contributed by atoms with Gasteiger partial charge in [0.2, 0.25) is 0 Å². The number of dihydropyridines is 1. The van der Waals surface area contributed by atoms with Crippen LogP contribution in [0, 0.1) is 5.41 Å². The van der Waals surface area contributed by atoms with Crippen molar-refractivity contribution in [1.29, 1.82) is 0 Å². The summed E-state index contributed by atoms with van der Waals surface area (Å²) in [6.07, 6.45) is 1.95. The summed E-state index contributed by atoms with van der Waals surface area (Å²) in [5, 5.41) is 5.37. The Bertz CT molecular complexity index is 1020. The Morgan fingerprint density at radius 3 is 2.63 bits per heavy atom. The smallest absolute Gasteiger partial charge is 0.336 e. The minimum Gasteiger partial charge on any atom is -0.462 e. The van der Waals surface area contributed by atoms with Crippen LogP contribution in [-0.4, -0.2) is 18.4 Å². The van der Waals surface area contributed by atoms with Gasteiger partial charge in [-0.3, -0.25) is 4.79 Å². The predicted molar refractivity (Wildman–Crippen MR) is 119 cm³/mol. The Balaban J connectivity index is 1.61. The van der Waals surface area contributed by atoms with Crippen LogP contribution in [0.15, 0.2) is 70.4 Å². The number of ether oxygens (including phenoxy) is 1. The Hall–Kier alpha value is -2.66. The van der Waals surface area contributed by atoms with Crippen molar-refractivity contribution in [3.05, 3.63) is 80.8 Å². The summed E-state index contributed by atoms with van der Waals surface area (Å²) >= 11 is 1.57. The van der Waals surface area contributed by atoms with Gasteiger partial charge >= 0.3 is 5.97 Å². The number of carbonyl (C=O) groups is 2. The van der Waals surface area contributed by atoms with Crippen molar-refractivity contribution in [1.82, 2.24) is 5.32 Å². The monoisotopic (exact) mass is 421 g/mol. The van der Waals surface area contributed by atoms with Crippen molar-refractivity contribution in [2.24, 2.45) is 5.41 Å². The van der Waals surface area contributed by atoms with Gasteiger partial charge in [0.25, 0.3) is 0 Å². The minimum atomic E-state index is -0.353. The number of allylic oxidation sites excluding steroid dienone is 3. The molecule has 0 bridgehead atoms. The number of nitrogens with one attached hydrogen (secondary N) is 1. The largest absolute Gasteiger partial charge is 0.462 e. The zero-order valence-corrected chi connectivity index (χ0v) is 18.5. The highest BCUT2D eigenvalue weighted by molar-refractivity contribution is 7.10. The van der Waals surface area contributed by atoms with E-state index in [9.17, 15) is 9.59 Å². The third-order valence-electron chi connectivity index (χ3n) is 5.75. The van der Waals surface area contributed by atoms with Crippen LogP contribution in [0.25, 0.3) is 0 Å². The summed E-state index contributed by atoms with van der Waals surface area (Å²) in [7, 11) is 0. The van der Waals surface area contributed by atoms with Gasteiger partial charge in [-0.2, -0.15) is 0 Å². The molecule has 0 fully saturated rings. The summed E-state index contributed by atoms with van der Waals surface area (Å²) < 4.78 is 5.67. The zero-order valence-electron chi connectivity index (χ0n) is 17.7. The lowest BCUT2D eigenvalue weighted by molar-refractivity contribution is -0.139. The second-order valence-corrected chi connectivity index (χ2v) is 9.80. The molecular weight excluding hydrogens is 394 g/mol. The number of hydrogen-bond acceptors (Lipinski definition) is 5. The molecule has 2 aliphatic rings. The first kappa shape index (κ1) is 20.6. The molecule has 156 valence electrons. The molecule has 0 spiro atoms. The summed E-state index contributed by atoms with van der Waals surface area (Å²) in [5.41, 5.74) is 4.06. The maximum atomic E-state index is 13.2. The number of carbonyl (C=O) groups excluding carboxylic acids is 2. The van der Waals surface area contributed by atoms with Gasteiger partial charge in [0.1, 0.15) is 0 Å². The minimum absolute atomic E-state index is 0.0864. The molecule has 1 aromatic heterocycles. The molecule has 0 saturated carbocycles. The van der Waals surface area contributed by atoms with Gasteiger partial charge in [-0.05, 0) is 35.8 Å². The second-order valence-electron chi connectivity index (χ2n) is 8.82. The molecule has 2 heterocycles. The fourth-order valence-corrected chi connectivity index (χ4v) is 5.27. The number of rotatable bonds is 5. The molecule has 1 atom stereocenters. The molecule has 4 rings (SSSR count). The molecule has 4 nitrogen and oxygen atoms in total. The van der Waals surface area contributed by atoms with E-state index in [0.717, 1.165) is 33.8 Å². The Morgan fingerprint density at radius 1 is 1.17 bits per heavy atom. The number of Topliss-reactive ketones (excluding diaryl/α,β-unsaturated/α-hetero) is 1. The molecule has 30 heavy (non-hydrogen) atoms. The van der Waals surface area contributed by atoms with Crippen LogP contribution >= 0.6 is 11.3 Å². The summed E-state index contributed by atoms with van der Waals surface area (Å²) in [4.78, 5) is 27.3. The van der Waals surface area contributed by atoms with Crippen molar-refractivity contribution in [3.63, 3.8) is 0 Å². The molecular formula is C25H27NO3S. The average Bonchev–Trinajstić information content (AvgIpc) is 3.21. The maximum Gasteiger partial charge on any atom is 0.336 e. The van der Waals surface area contributed by atoms with Crippen LogP contribution in [0.1, 0.15) is 50.0 Å². The lowest BCUT2D eigenvalue weighted by Crippen LogP contribution is -2.38. The van der Waals surface area contributed by atoms with E-state index < -0.39 is 0 Å². The van der Waals surface area contributed by atoms with E-state index in [0.29, 0.717) is 25.0 Å². The second kappa shape index (κ2) is 8.23. The summed E-state index contributed by atoms with van der Waals surface area (Å²) in [5.74, 6) is -0.582. The topological polar surface area (TPSA) is 55.4 Å². The van der Waals surface area contributed by atoms with Gasteiger partial charge in [-0.1, -0.05) is 50.2 Å². The van der Waals surface area contributed by atoms with Crippen LogP contribution in [-0.2, 0) is 20.7 Å². The van der Waals surface area contributed by atoms with Crippen LogP contribution in [0.5, 0.6) is 0 Å². The van der Waals surface area contributed by atoms with Crippen molar-refractivity contribution >= 4 is 23.1 Å². The van der Waals surface area contributed by atoms with E-state index >= 15 is 0 Å². The van der Waals surface area contributed by atoms with Crippen LogP contribution in [0.4, 0.5) is 0 Å². The van der Waals surface area contributed by atoms with E-state index in [1.807, 2.05) is 54.8 Å². The molecule has 0 radical (unpaired) electrons. The Kier molecular flexibility index (Phi) is 5.65. The first-order valence-corrected chi connectivity index (χ1v) is 11.2. The number of hydrogen-bond donors (Lipinski definition) is 1. The van der Waals surface area contributed by atoms with Crippen molar-refractivity contribution in [2.45, 2.75) is 46.0 Å². The molecule has 0 amide bonds. The predicted octanol–water partition coefficient (Wildman–Crippen LogP) is 5.14. The van der Waals surface area contributed by atoms with Gasteiger partial charge in [0.15, 0.2) is 5.78 Å². The van der Waals surface area contributed by atoms with Gasteiger partial charge < -0.3 is 10.1 Å². The lowest BCUT2D eigenvalue weighted by atomic mass is 9.70. The highest BCUT2D eigenvalue weighted by Crippen LogP contribution is 2.47. The quantitative estimate of drug-likeness (QED) is 0.680. The molecule has 1 aliphatic carbocycles. The average molecular weight is 422 g/mol. The zero-order chi connectivity index (χ0) is 21.3. The van der Waals surface area contributed by atoms with Crippen LogP contribution in [0.3, 0.4) is 0 Å². The number of esters is 1. The Morgan fingerprint density at radius 2 is 1.93 bits per heavy atom. The lowest BCUT2D eigenvalue weighted by Gasteiger charge is -2.39. The van der Waals surface area contributed by atoms with E-state index in [-0.39, 0.29) is 23.1 Å². The van der Waals surface area contributed by atoms with Gasteiger partial charge in [0, 0.05) is 34.7 Å². The summed E-state index contributed by atoms with van der Waals surface area (Å²) in [6.45, 7) is 6.44. The number of thiophene rings is 1. The van der Waals surface area contributed by atoms with Gasteiger partial charge in [-0.25, -0.2) is 4.79 Å². The van der Waals surface area contributed by atoms with E-state index in [4.69, 9.17) is 4.74 Å². The van der Waals surface area contributed by atoms with Gasteiger partial charge in [-0.15, -0.1) is 11.3 Å². The fourth-order valence-electron chi connectivity index (χ4n) is 4.43. The molecule has 1 aromatic carbocycles. The molecule has 1 unspecified atom stereocenters. The molecule has 5 heteroatoms. The standard InChI is InChI=1S/C25H27NO3S/c1-16-21(24(28)29-12-11-17-8-5-4-6-9-17)23(20-10-7-13-30-20)22-18(26-16)14-25(2,3)15-19(22)27/h4-10,13,23,26H,11-12,14-15H2,1-3H3. The Labute approximate surface area is 181 Å². The normalized spacial score (nSPS) is 20.6. The molecule has 0 saturated heterocycles. The van der Waals surface area contributed by atoms with Gasteiger partial charge in [0.05, 0.1) is 18.1 Å². The van der Waals surface area contributed by atoms with E-state index in [2.05, 4.69) is 19.2 Å². The van der Waals surface area contributed by atoms with Crippen molar-refractivity contribution in [3.8, 4) is 0 Å². The van der Waals surface area contributed by atoms with E-state index in [1.54, 1.807) is 11.3 Å². The van der Waals surface area contributed by atoms with Crippen LogP contribution < -0.4 is 5.32 Å². The highest BCUT2D eigenvalue weighted by atomic mass is 32.1. The first-order valence-electron chi connectivity index (χ1n) is 10.3. The third-order valence-corrected chi connectivity index (χ3v) is 6.69. The number of ketones is 1. The number of benzene rings is 1. The molecule has 2 aromatic rings. The third kappa shape index (κ3) is 4.12. The molecule has 1 N–H and O–H groups in total. The SMILES string of the molecule is CC1=C(C(=O)OCCc2ccccc2)C(c2cccs2)C2=C(CC(C)(C)CC2=O)N1. The molecule has 1 aliphatic heterocycles. The first-order chi connectivity index (χ1) is 14.4. The maximum absolute atomic E-state index is 13.2. The fraction of sp³-hybridized carbons (Fsp3) is 0.360. The summed E-state index contributed by atoms with van der Waals surface area (Å²) in [6, 6.07) is 13.9. The highest BCUT2D eigenvalue weighted by Gasteiger charge is 2.43. The van der Waals surface area contributed by atoms with Crippen LogP contribution in [0.2, 0.25) is 0 Å². The van der Waals surface area contributed by atoms with Crippen molar-refractivity contribution in [2.75, 3.05) is 6.61 Å². The van der Waals surface area contributed by atoms with E-state index in [1.165, 1.54) is 0 Å².